The van der Waals surface area contributed by atoms with Gasteiger partial charge in [0.1, 0.15) is 0 Å². The van der Waals surface area contributed by atoms with Crippen LogP contribution in [0.15, 0.2) is 22.7 Å². The Balaban J connectivity index is 2.20. The SMILES string of the molecule is CC(C)C1CCN(c2cc(Br)ccc2CBr)C1. The van der Waals surface area contributed by atoms with Crippen LogP contribution < -0.4 is 4.90 Å². The summed E-state index contributed by atoms with van der Waals surface area (Å²) >= 11 is 7.16. The van der Waals surface area contributed by atoms with Crippen molar-refractivity contribution >= 4 is 37.5 Å². The van der Waals surface area contributed by atoms with Crippen molar-refractivity contribution in [3.8, 4) is 0 Å². The lowest BCUT2D eigenvalue weighted by Gasteiger charge is -2.23. The van der Waals surface area contributed by atoms with Gasteiger partial charge in [0.25, 0.3) is 0 Å². The van der Waals surface area contributed by atoms with E-state index in [1.165, 1.54) is 35.2 Å². The van der Waals surface area contributed by atoms with Crippen LogP contribution in [0.1, 0.15) is 25.8 Å². The van der Waals surface area contributed by atoms with Crippen LogP contribution in [0.3, 0.4) is 0 Å². The van der Waals surface area contributed by atoms with Gasteiger partial charge in [-0.3, -0.25) is 0 Å². The van der Waals surface area contributed by atoms with E-state index in [-0.39, 0.29) is 0 Å². The molecule has 0 saturated carbocycles. The van der Waals surface area contributed by atoms with Crippen LogP contribution in [0.5, 0.6) is 0 Å². The molecule has 1 atom stereocenters. The lowest BCUT2D eigenvalue weighted by atomic mass is 9.95. The zero-order valence-electron chi connectivity index (χ0n) is 10.4. The predicted octanol–water partition coefficient (Wildman–Crippen LogP) is 4.83. The van der Waals surface area contributed by atoms with E-state index >= 15 is 0 Å². The lowest BCUT2D eigenvalue weighted by molar-refractivity contribution is 0.422. The number of benzene rings is 1. The van der Waals surface area contributed by atoms with Crippen molar-refractivity contribution in [2.24, 2.45) is 11.8 Å². The zero-order chi connectivity index (χ0) is 12.4. The van der Waals surface area contributed by atoms with Gasteiger partial charge in [0.05, 0.1) is 0 Å². The number of anilines is 1. The topological polar surface area (TPSA) is 3.24 Å². The van der Waals surface area contributed by atoms with Gasteiger partial charge in [-0.05, 0) is 36.0 Å². The highest BCUT2D eigenvalue weighted by Gasteiger charge is 2.26. The number of rotatable bonds is 3. The van der Waals surface area contributed by atoms with E-state index in [1.807, 2.05) is 0 Å². The maximum atomic E-state index is 3.58. The highest BCUT2D eigenvalue weighted by atomic mass is 79.9. The number of alkyl halides is 1. The minimum atomic E-state index is 0.791. The molecule has 1 heterocycles. The first-order valence-electron chi connectivity index (χ1n) is 6.21. The summed E-state index contributed by atoms with van der Waals surface area (Å²) in [6.45, 7) is 7.06. The molecule has 0 aromatic heterocycles. The molecule has 1 fully saturated rings. The maximum absolute atomic E-state index is 3.58. The Morgan fingerprint density at radius 1 is 1.41 bits per heavy atom. The lowest BCUT2D eigenvalue weighted by Crippen LogP contribution is -2.22. The normalized spacial score (nSPS) is 20.3. The van der Waals surface area contributed by atoms with Crippen LogP contribution in [0.25, 0.3) is 0 Å². The summed E-state index contributed by atoms with van der Waals surface area (Å²) in [4.78, 5) is 2.53. The van der Waals surface area contributed by atoms with Gasteiger partial charge < -0.3 is 4.90 Å². The van der Waals surface area contributed by atoms with Crippen molar-refractivity contribution in [3.05, 3.63) is 28.2 Å². The first kappa shape index (κ1) is 13.4. The molecule has 1 aromatic rings. The monoisotopic (exact) mass is 359 g/mol. The van der Waals surface area contributed by atoms with Gasteiger partial charge in [-0.25, -0.2) is 0 Å². The van der Waals surface area contributed by atoms with Crippen molar-refractivity contribution in [1.29, 1.82) is 0 Å². The van der Waals surface area contributed by atoms with Crippen LogP contribution in [-0.2, 0) is 5.33 Å². The quantitative estimate of drug-likeness (QED) is 0.698. The third-order valence-corrected chi connectivity index (χ3v) is 4.80. The molecular formula is C14H19Br2N. The van der Waals surface area contributed by atoms with Gasteiger partial charge in [0.15, 0.2) is 0 Å². The van der Waals surface area contributed by atoms with Crippen LogP contribution >= 0.6 is 31.9 Å². The molecule has 1 saturated heterocycles. The van der Waals surface area contributed by atoms with E-state index < -0.39 is 0 Å². The summed E-state index contributed by atoms with van der Waals surface area (Å²) in [5, 5.41) is 0.929. The van der Waals surface area contributed by atoms with Crippen LogP contribution in [0, 0.1) is 11.8 Å². The van der Waals surface area contributed by atoms with Gasteiger partial charge in [0.2, 0.25) is 0 Å². The molecule has 0 radical (unpaired) electrons. The van der Waals surface area contributed by atoms with E-state index in [1.54, 1.807) is 0 Å². The molecule has 94 valence electrons. The fourth-order valence-corrected chi connectivity index (χ4v) is 3.32. The molecule has 2 rings (SSSR count). The Hall–Kier alpha value is -0.0200. The predicted molar refractivity (Wildman–Crippen MR) is 81.9 cm³/mol. The Morgan fingerprint density at radius 2 is 2.18 bits per heavy atom. The Kier molecular flexibility index (Phi) is 4.53. The van der Waals surface area contributed by atoms with Gasteiger partial charge in [-0.2, -0.15) is 0 Å². The summed E-state index contributed by atoms with van der Waals surface area (Å²) < 4.78 is 1.17. The molecular weight excluding hydrogens is 342 g/mol. The Bertz CT molecular complexity index is 390. The smallest absolute Gasteiger partial charge is 0.0418 e. The molecule has 0 spiro atoms. The molecule has 0 N–H and O–H groups in total. The molecule has 3 heteroatoms. The molecule has 1 aliphatic heterocycles. The fourth-order valence-electron chi connectivity index (χ4n) is 2.49. The Morgan fingerprint density at radius 3 is 2.76 bits per heavy atom. The molecule has 1 unspecified atom stereocenters. The molecule has 0 aliphatic carbocycles. The number of hydrogen-bond acceptors (Lipinski definition) is 1. The first-order valence-corrected chi connectivity index (χ1v) is 8.12. The summed E-state index contributed by atoms with van der Waals surface area (Å²) in [5.41, 5.74) is 2.78. The van der Waals surface area contributed by atoms with Gasteiger partial charge in [-0.15, -0.1) is 0 Å². The van der Waals surface area contributed by atoms with Crippen molar-refractivity contribution in [1.82, 2.24) is 0 Å². The maximum Gasteiger partial charge on any atom is 0.0418 e. The van der Waals surface area contributed by atoms with E-state index in [2.05, 4.69) is 68.8 Å². The molecule has 0 amide bonds. The molecule has 1 nitrogen and oxygen atoms in total. The summed E-state index contributed by atoms with van der Waals surface area (Å²) in [6.07, 6.45) is 1.33. The minimum Gasteiger partial charge on any atom is -0.371 e. The summed E-state index contributed by atoms with van der Waals surface area (Å²) in [5.74, 6) is 1.64. The van der Waals surface area contributed by atoms with Crippen LogP contribution in [-0.4, -0.2) is 13.1 Å². The van der Waals surface area contributed by atoms with Gasteiger partial charge in [0, 0.05) is 28.6 Å². The largest absolute Gasteiger partial charge is 0.371 e. The number of hydrogen-bond donors (Lipinski definition) is 0. The van der Waals surface area contributed by atoms with Crippen LogP contribution in [0.2, 0.25) is 0 Å². The van der Waals surface area contributed by atoms with Gasteiger partial charge >= 0.3 is 0 Å². The highest BCUT2D eigenvalue weighted by Crippen LogP contribution is 2.33. The van der Waals surface area contributed by atoms with Crippen molar-refractivity contribution in [3.63, 3.8) is 0 Å². The van der Waals surface area contributed by atoms with Crippen molar-refractivity contribution < 1.29 is 0 Å². The Labute approximate surface area is 121 Å². The second-order valence-electron chi connectivity index (χ2n) is 5.15. The molecule has 1 aromatic carbocycles. The van der Waals surface area contributed by atoms with E-state index in [9.17, 15) is 0 Å². The standard InChI is InChI=1S/C14H19Br2N/c1-10(2)12-5-6-17(9-12)14-7-13(16)4-3-11(14)8-15/h3-4,7,10,12H,5-6,8-9H2,1-2H3. The van der Waals surface area contributed by atoms with E-state index in [0.29, 0.717) is 0 Å². The average molecular weight is 361 g/mol. The van der Waals surface area contributed by atoms with Gasteiger partial charge in [-0.1, -0.05) is 51.8 Å². The second-order valence-corrected chi connectivity index (χ2v) is 6.62. The molecule has 1 aliphatic rings. The molecule has 0 bridgehead atoms. The summed E-state index contributed by atoms with van der Waals surface area (Å²) in [7, 11) is 0. The number of halogens is 2. The van der Waals surface area contributed by atoms with Crippen molar-refractivity contribution in [2.75, 3.05) is 18.0 Å². The fraction of sp³-hybridized carbons (Fsp3) is 0.571. The summed E-state index contributed by atoms with van der Waals surface area (Å²) in [6, 6.07) is 6.58. The zero-order valence-corrected chi connectivity index (χ0v) is 13.6. The third kappa shape index (κ3) is 3.05. The average Bonchev–Trinajstić information content (AvgIpc) is 2.78. The molecule has 17 heavy (non-hydrogen) atoms. The van der Waals surface area contributed by atoms with Crippen LogP contribution in [0.4, 0.5) is 5.69 Å². The number of nitrogens with zero attached hydrogens (tertiary/aromatic N) is 1. The first-order chi connectivity index (χ1) is 8.11. The minimum absolute atomic E-state index is 0.791. The second kappa shape index (κ2) is 5.75. The van der Waals surface area contributed by atoms with E-state index in [4.69, 9.17) is 0 Å². The third-order valence-electron chi connectivity index (χ3n) is 3.70. The highest BCUT2D eigenvalue weighted by molar-refractivity contribution is 9.10. The van der Waals surface area contributed by atoms with E-state index in [0.717, 1.165) is 17.2 Å². The van der Waals surface area contributed by atoms with Crippen molar-refractivity contribution in [2.45, 2.75) is 25.6 Å².